The molecular formula is C10H8O4. The van der Waals surface area contributed by atoms with Crippen LogP contribution in [0.2, 0.25) is 0 Å². The van der Waals surface area contributed by atoms with E-state index in [2.05, 4.69) is 0 Å². The van der Waals surface area contributed by atoms with Gasteiger partial charge in [0.2, 0.25) is 5.78 Å². The molecule has 14 heavy (non-hydrogen) atoms. The molecule has 4 nitrogen and oxygen atoms in total. The van der Waals surface area contributed by atoms with Gasteiger partial charge in [-0.3, -0.25) is 4.79 Å². The van der Waals surface area contributed by atoms with E-state index in [0.717, 1.165) is 0 Å². The van der Waals surface area contributed by atoms with Crippen LogP contribution in [0, 0.1) is 0 Å². The van der Waals surface area contributed by atoms with Gasteiger partial charge in [-0.05, 0) is 6.92 Å². The molecule has 0 amide bonds. The van der Waals surface area contributed by atoms with Crippen LogP contribution in [0.4, 0.5) is 0 Å². The SMILES string of the molecule is C/C(=C1\OC=CC1=O)c1occc1O. The molecule has 0 fully saturated rings. The van der Waals surface area contributed by atoms with Crippen LogP contribution in [0.25, 0.3) is 5.57 Å². The number of hydrogen-bond donors (Lipinski definition) is 1. The largest absolute Gasteiger partial charge is 0.504 e. The smallest absolute Gasteiger partial charge is 0.224 e. The van der Waals surface area contributed by atoms with Gasteiger partial charge in [0.05, 0.1) is 12.5 Å². The van der Waals surface area contributed by atoms with Gasteiger partial charge in [-0.2, -0.15) is 0 Å². The Labute approximate surface area is 80.1 Å². The molecule has 0 spiro atoms. The first kappa shape index (κ1) is 8.62. The Bertz CT molecular complexity index is 437. The van der Waals surface area contributed by atoms with Crippen LogP contribution in [0.3, 0.4) is 0 Å². The Morgan fingerprint density at radius 3 is 2.79 bits per heavy atom. The lowest BCUT2D eigenvalue weighted by molar-refractivity contribution is -0.112. The number of carbonyl (C=O) groups is 1. The fourth-order valence-corrected chi connectivity index (χ4v) is 1.26. The molecule has 1 aromatic rings. The summed E-state index contributed by atoms with van der Waals surface area (Å²) in [6, 6.07) is 1.41. The molecule has 0 bridgehead atoms. The standard InChI is InChI=1S/C10H8O4/c1-6(9-7(11)2-4-13-9)10-8(12)3-5-14-10/h2-5,11H,1H3/b10-6+. The summed E-state index contributed by atoms with van der Waals surface area (Å²) in [6.45, 7) is 1.65. The average molecular weight is 192 g/mol. The van der Waals surface area contributed by atoms with Gasteiger partial charge in [-0.25, -0.2) is 0 Å². The van der Waals surface area contributed by atoms with Gasteiger partial charge >= 0.3 is 0 Å². The van der Waals surface area contributed by atoms with Crippen LogP contribution in [-0.2, 0) is 9.53 Å². The fraction of sp³-hybridized carbons (Fsp3) is 0.100. The molecular weight excluding hydrogens is 184 g/mol. The van der Waals surface area contributed by atoms with Gasteiger partial charge in [0.15, 0.2) is 17.3 Å². The van der Waals surface area contributed by atoms with Crippen LogP contribution in [0.1, 0.15) is 12.7 Å². The highest BCUT2D eigenvalue weighted by molar-refractivity contribution is 6.08. The van der Waals surface area contributed by atoms with Crippen molar-refractivity contribution < 1.29 is 19.1 Å². The second-order valence-electron chi connectivity index (χ2n) is 2.87. The molecule has 0 atom stereocenters. The minimum Gasteiger partial charge on any atom is -0.504 e. The number of carbonyl (C=O) groups excluding carboxylic acids is 1. The average Bonchev–Trinajstić information content (AvgIpc) is 2.73. The number of aromatic hydroxyl groups is 1. The summed E-state index contributed by atoms with van der Waals surface area (Å²) < 4.78 is 10.0. The lowest BCUT2D eigenvalue weighted by Crippen LogP contribution is -1.96. The van der Waals surface area contributed by atoms with Crippen molar-refractivity contribution in [3.63, 3.8) is 0 Å². The first-order chi connectivity index (χ1) is 6.70. The minimum absolute atomic E-state index is 0.00157. The summed E-state index contributed by atoms with van der Waals surface area (Å²) in [5, 5.41) is 9.35. The van der Waals surface area contributed by atoms with Gasteiger partial charge in [-0.1, -0.05) is 0 Å². The normalized spacial score (nSPS) is 18.5. The topological polar surface area (TPSA) is 59.7 Å². The maximum Gasteiger partial charge on any atom is 0.224 e. The molecule has 0 unspecified atom stereocenters. The highest BCUT2D eigenvalue weighted by Crippen LogP contribution is 2.30. The van der Waals surface area contributed by atoms with E-state index in [4.69, 9.17) is 9.15 Å². The maximum atomic E-state index is 11.2. The van der Waals surface area contributed by atoms with Crippen LogP contribution >= 0.6 is 0 Å². The van der Waals surface area contributed by atoms with Crippen molar-refractivity contribution in [1.29, 1.82) is 0 Å². The molecule has 1 aromatic heterocycles. The molecule has 4 heteroatoms. The van der Waals surface area contributed by atoms with Crippen LogP contribution < -0.4 is 0 Å². The Balaban J connectivity index is 2.46. The van der Waals surface area contributed by atoms with Crippen molar-refractivity contribution in [1.82, 2.24) is 0 Å². The monoisotopic (exact) mass is 192 g/mol. The van der Waals surface area contributed by atoms with Crippen molar-refractivity contribution in [3.8, 4) is 5.75 Å². The number of ether oxygens (including phenoxy) is 1. The second-order valence-corrected chi connectivity index (χ2v) is 2.87. The Morgan fingerprint density at radius 2 is 2.29 bits per heavy atom. The molecule has 0 saturated carbocycles. The van der Waals surface area contributed by atoms with Crippen LogP contribution in [0.15, 0.2) is 34.8 Å². The maximum absolute atomic E-state index is 11.2. The van der Waals surface area contributed by atoms with E-state index >= 15 is 0 Å². The van der Waals surface area contributed by atoms with Crippen LogP contribution in [-0.4, -0.2) is 10.9 Å². The number of ketones is 1. The molecule has 0 saturated heterocycles. The number of hydrogen-bond acceptors (Lipinski definition) is 4. The Kier molecular flexibility index (Phi) is 1.89. The third kappa shape index (κ3) is 1.21. The van der Waals surface area contributed by atoms with E-state index < -0.39 is 0 Å². The number of allylic oxidation sites excluding steroid dienone is 2. The highest BCUT2D eigenvalue weighted by atomic mass is 16.5. The summed E-state index contributed by atoms with van der Waals surface area (Å²) in [5.41, 5.74) is 0.488. The number of rotatable bonds is 1. The van der Waals surface area contributed by atoms with Crippen molar-refractivity contribution in [3.05, 3.63) is 36.2 Å². The highest BCUT2D eigenvalue weighted by Gasteiger charge is 2.20. The van der Waals surface area contributed by atoms with Gasteiger partial charge < -0.3 is 14.3 Å². The molecule has 2 heterocycles. The van der Waals surface area contributed by atoms with Crippen molar-refractivity contribution in [2.75, 3.05) is 0 Å². The summed E-state index contributed by atoms with van der Waals surface area (Å²) in [5.74, 6) is 0.226. The summed E-state index contributed by atoms with van der Waals surface area (Å²) >= 11 is 0. The zero-order valence-electron chi connectivity index (χ0n) is 7.48. The fourth-order valence-electron chi connectivity index (χ4n) is 1.26. The molecule has 72 valence electrons. The zero-order valence-corrected chi connectivity index (χ0v) is 7.48. The molecule has 1 aliphatic rings. The summed E-state index contributed by atoms with van der Waals surface area (Å²) in [6.07, 6.45) is 3.97. The number of furan rings is 1. The molecule has 1 aliphatic heterocycles. The quantitative estimate of drug-likeness (QED) is 0.689. The van der Waals surface area contributed by atoms with E-state index in [0.29, 0.717) is 5.57 Å². The van der Waals surface area contributed by atoms with Gasteiger partial charge in [-0.15, -0.1) is 0 Å². The predicted octanol–water partition coefficient (Wildman–Crippen LogP) is 1.83. The van der Waals surface area contributed by atoms with Crippen molar-refractivity contribution in [2.45, 2.75) is 6.92 Å². The summed E-state index contributed by atoms with van der Waals surface area (Å²) in [4.78, 5) is 11.2. The van der Waals surface area contributed by atoms with E-state index in [1.165, 1.54) is 24.7 Å². The first-order valence-corrected chi connectivity index (χ1v) is 4.05. The minimum atomic E-state index is -0.224. The van der Waals surface area contributed by atoms with E-state index in [1.54, 1.807) is 6.92 Å². The zero-order chi connectivity index (χ0) is 10.1. The van der Waals surface area contributed by atoms with Gasteiger partial charge in [0.25, 0.3) is 0 Å². The Hall–Kier alpha value is -1.97. The molecule has 1 N–H and O–H groups in total. The van der Waals surface area contributed by atoms with Gasteiger partial charge in [0, 0.05) is 17.7 Å². The van der Waals surface area contributed by atoms with Crippen molar-refractivity contribution in [2.24, 2.45) is 0 Å². The summed E-state index contributed by atoms with van der Waals surface area (Å²) in [7, 11) is 0. The molecule has 0 aromatic carbocycles. The molecule has 0 aliphatic carbocycles. The first-order valence-electron chi connectivity index (χ1n) is 4.05. The Morgan fingerprint density at radius 1 is 1.50 bits per heavy atom. The lowest BCUT2D eigenvalue weighted by Gasteiger charge is -2.01. The predicted molar refractivity (Wildman–Crippen MR) is 48.2 cm³/mol. The van der Waals surface area contributed by atoms with E-state index in [9.17, 15) is 9.90 Å². The molecule has 0 radical (unpaired) electrons. The van der Waals surface area contributed by atoms with E-state index in [1.807, 2.05) is 0 Å². The second kappa shape index (κ2) is 3.06. The van der Waals surface area contributed by atoms with Crippen molar-refractivity contribution >= 4 is 11.4 Å². The lowest BCUT2D eigenvalue weighted by atomic mass is 10.1. The van der Waals surface area contributed by atoms with E-state index in [-0.39, 0.29) is 23.1 Å². The third-order valence-corrected chi connectivity index (χ3v) is 1.95. The third-order valence-electron chi connectivity index (χ3n) is 1.95. The molecule has 2 rings (SSSR count). The van der Waals surface area contributed by atoms with Gasteiger partial charge in [0.1, 0.15) is 0 Å². The van der Waals surface area contributed by atoms with Crippen LogP contribution in [0.5, 0.6) is 5.75 Å².